The minimum Gasteiger partial charge on any atom is -0.497 e. The van der Waals surface area contributed by atoms with Crippen molar-refractivity contribution in [2.75, 3.05) is 27.3 Å². The molecule has 3 aromatic carbocycles. The Balaban J connectivity index is 1.48. The van der Waals surface area contributed by atoms with E-state index in [2.05, 4.69) is 10.0 Å². The zero-order chi connectivity index (χ0) is 22.3. The van der Waals surface area contributed by atoms with Gasteiger partial charge in [-0.15, -0.1) is 0 Å². The molecule has 0 aliphatic carbocycles. The van der Waals surface area contributed by atoms with E-state index in [1.807, 2.05) is 42.5 Å². The van der Waals surface area contributed by atoms with Gasteiger partial charge in [-0.25, -0.2) is 13.1 Å². The molecule has 0 radical (unpaired) electrons. The lowest BCUT2D eigenvalue weighted by atomic mass is 10.1. The van der Waals surface area contributed by atoms with Crippen molar-refractivity contribution in [2.45, 2.75) is 17.7 Å². The van der Waals surface area contributed by atoms with Crippen LogP contribution in [0, 0.1) is 0 Å². The number of ether oxygens (including phenoxy) is 2. The lowest BCUT2D eigenvalue weighted by Gasteiger charge is -2.11. The van der Waals surface area contributed by atoms with Gasteiger partial charge >= 0.3 is 0 Å². The van der Waals surface area contributed by atoms with Crippen molar-refractivity contribution in [3.8, 4) is 11.5 Å². The number of rotatable bonds is 10. The first-order valence-corrected chi connectivity index (χ1v) is 11.4. The highest BCUT2D eigenvalue weighted by Crippen LogP contribution is 2.24. The second kappa shape index (κ2) is 10.3. The van der Waals surface area contributed by atoms with Crippen molar-refractivity contribution in [1.82, 2.24) is 10.0 Å². The van der Waals surface area contributed by atoms with E-state index in [1.165, 1.54) is 0 Å². The third-order valence-electron chi connectivity index (χ3n) is 4.88. The predicted octanol–water partition coefficient (Wildman–Crippen LogP) is 2.88. The average Bonchev–Trinajstić information content (AvgIpc) is 2.78. The Hall–Kier alpha value is -3.10. The molecule has 31 heavy (non-hydrogen) atoms. The van der Waals surface area contributed by atoms with Gasteiger partial charge in [0.2, 0.25) is 15.9 Å². The molecule has 8 heteroatoms. The number of benzene rings is 3. The highest BCUT2D eigenvalue weighted by molar-refractivity contribution is 7.89. The molecule has 0 spiro atoms. The van der Waals surface area contributed by atoms with Gasteiger partial charge in [-0.2, -0.15) is 0 Å². The van der Waals surface area contributed by atoms with Crippen molar-refractivity contribution in [1.29, 1.82) is 0 Å². The van der Waals surface area contributed by atoms with E-state index in [0.717, 1.165) is 22.1 Å². The first-order valence-electron chi connectivity index (χ1n) is 9.89. The number of nitrogens with one attached hydrogen (secondary N) is 2. The van der Waals surface area contributed by atoms with Crippen LogP contribution in [-0.2, 0) is 21.2 Å². The number of hydrogen-bond donors (Lipinski definition) is 2. The standard InChI is InChI=1S/C23H26N2O5S/c1-29-20-8-10-22(30-2)19(15-20)11-13-24-23(26)12-14-25-31(27,28)21-9-7-17-5-3-4-6-18(17)16-21/h3-10,15-16,25H,11-14H2,1-2H3,(H,24,26). The maximum Gasteiger partial charge on any atom is 0.240 e. The molecule has 3 rings (SSSR count). The quantitative estimate of drug-likeness (QED) is 0.504. The maximum absolute atomic E-state index is 12.5. The van der Waals surface area contributed by atoms with Crippen LogP contribution in [0.15, 0.2) is 65.6 Å². The van der Waals surface area contributed by atoms with Crippen LogP contribution in [0.5, 0.6) is 11.5 Å². The Bertz CT molecular complexity index is 1160. The summed E-state index contributed by atoms with van der Waals surface area (Å²) in [5.74, 6) is 1.20. The van der Waals surface area contributed by atoms with Crippen molar-refractivity contribution in [3.05, 3.63) is 66.2 Å². The van der Waals surface area contributed by atoms with Crippen LogP contribution in [0.3, 0.4) is 0 Å². The average molecular weight is 443 g/mol. The lowest BCUT2D eigenvalue weighted by molar-refractivity contribution is -0.120. The zero-order valence-electron chi connectivity index (χ0n) is 17.6. The molecule has 0 unspecified atom stereocenters. The second-order valence-electron chi connectivity index (χ2n) is 6.93. The number of carbonyl (C=O) groups is 1. The van der Waals surface area contributed by atoms with Gasteiger partial charge in [0.15, 0.2) is 0 Å². The predicted molar refractivity (Wildman–Crippen MR) is 120 cm³/mol. The molecular weight excluding hydrogens is 416 g/mol. The summed E-state index contributed by atoms with van der Waals surface area (Å²) in [5, 5.41) is 4.61. The first kappa shape index (κ1) is 22.6. The summed E-state index contributed by atoms with van der Waals surface area (Å²) in [4.78, 5) is 12.3. The van der Waals surface area contributed by atoms with E-state index < -0.39 is 10.0 Å². The molecule has 3 aromatic rings. The molecule has 0 saturated carbocycles. The van der Waals surface area contributed by atoms with Crippen LogP contribution in [0.4, 0.5) is 0 Å². The highest BCUT2D eigenvalue weighted by atomic mass is 32.2. The first-order chi connectivity index (χ1) is 14.9. The zero-order valence-corrected chi connectivity index (χ0v) is 18.4. The molecule has 0 aromatic heterocycles. The van der Waals surface area contributed by atoms with E-state index in [4.69, 9.17) is 9.47 Å². The summed E-state index contributed by atoms with van der Waals surface area (Å²) in [5.41, 5.74) is 0.916. The third-order valence-corrected chi connectivity index (χ3v) is 6.34. The van der Waals surface area contributed by atoms with Gasteiger partial charge in [0.1, 0.15) is 11.5 Å². The van der Waals surface area contributed by atoms with Gasteiger partial charge in [0.05, 0.1) is 19.1 Å². The van der Waals surface area contributed by atoms with Crippen molar-refractivity contribution in [2.24, 2.45) is 0 Å². The summed E-state index contributed by atoms with van der Waals surface area (Å²) >= 11 is 0. The summed E-state index contributed by atoms with van der Waals surface area (Å²) in [7, 11) is -0.510. The van der Waals surface area contributed by atoms with Crippen molar-refractivity contribution in [3.63, 3.8) is 0 Å². The Labute approximate surface area is 182 Å². The highest BCUT2D eigenvalue weighted by Gasteiger charge is 2.15. The molecule has 7 nitrogen and oxygen atoms in total. The molecule has 0 aliphatic heterocycles. The smallest absolute Gasteiger partial charge is 0.240 e. The molecule has 164 valence electrons. The summed E-state index contributed by atoms with van der Waals surface area (Å²) in [6.45, 7) is 0.420. The largest absolute Gasteiger partial charge is 0.497 e. The Kier molecular flexibility index (Phi) is 7.49. The second-order valence-corrected chi connectivity index (χ2v) is 8.70. The minimum absolute atomic E-state index is 0.0173. The van der Waals surface area contributed by atoms with Crippen LogP contribution in [0.1, 0.15) is 12.0 Å². The fraction of sp³-hybridized carbons (Fsp3) is 0.261. The van der Waals surface area contributed by atoms with Crippen LogP contribution >= 0.6 is 0 Å². The molecule has 0 aliphatic rings. The SMILES string of the molecule is COc1ccc(OC)c(CCNC(=O)CCNS(=O)(=O)c2ccc3ccccc3c2)c1. The fourth-order valence-corrected chi connectivity index (χ4v) is 4.29. The number of hydrogen-bond acceptors (Lipinski definition) is 5. The van der Waals surface area contributed by atoms with Gasteiger partial charge in [0, 0.05) is 19.5 Å². The molecular formula is C23H26N2O5S. The summed E-state index contributed by atoms with van der Waals surface area (Å²) in [6, 6.07) is 18.0. The third kappa shape index (κ3) is 5.96. The van der Waals surface area contributed by atoms with Gasteiger partial charge in [-0.1, -0.05) is 30.3 Å². The molecule has 1 amide bonds. The molecule has 2 N–H and O–H groups in total. The van der Waals surface area contributed by atoms with Crippen LogP contribution in [0.25, 0.3) is 10.8 Å². The van der Waals surface area contributed by atoms with E-state index in [1.54, 1.807) is 32.4 Å². The molecule has 0 fully saturated rings. The summed E-state index contributed by atoms with van der Waals surface area (Å²) in [6.07, 6.45) is 0.608. The lowest BCUT2D eigenvalue weighted by Crippen LogP contribution is -2.31. The normalized spacial score (nSPS) is 11.3. The monoisotopic (exact) mass is 442 g/mol. The Morgan fingerprint density at radius 1 is 0.903 bits per heavy atom. The van der Waals surface area contributed by atoms with E-state index >= 15 is 0 Å². The van der Waals surface area contributed by atoms with E-state index in [9.17, 15) is 13.2 Å². The van der Waals surface area contributed by atoms with Crippen LogP contribution < -0.4 is 19.5 Å². The van der Waals surface area contributed by atoms with Crippen molar-refractivity contribution < 1.29 is 22.7 Å². The van der Waals surface area contributed by atoms with E-state index in [0.29, 0.717) is 18.7 Å². The topological polar surface area (TPSA) is 93.7 Å². The van der Waals surface area contributed by atoms with Crippen molar-refractivity contribution >= 4 is 26.7 Å². The molecule has 0 heterocycles. The number of carbonyl (C=O) groups excluding carboxylic acids is 1. The number of methoxy groups -OCH3 is 2. The van der Waals surface area contributed by atoms with Crippen LogP contribution in [0.2, 0.25) is 0 Å². The number of fused-ring (bicyclic) bond motifs is 1. The van der Waals surface area contributed by atoms with Gasteiger partial charge in [-0.05, 0) is 53.1 Å². The van der Waals surface area contributed by atoms with Gasteiger partial charge in [0.25, 0.3) is 0 Å². The number of sulfonamides is 1. The molecule has 0 atom stereocenters. The van der Waals surface area contributed by atoms with E-state index in [-0.39, 0.29) is 23.8 Å². The Morgan fingerprint density at radius 2 is 1.68 bits per heavy atom. The minimum atomic E-state index is -3.69. The maximum atomic E-state index is 12.5. The van der Waals surface area contributed by atoms with Crippen LogP contribution in [-0.4, -0.2) is 41.6 Å². The van der Waals surface area contributed by atoms with Gasteiger partial charge in [-0.3, -0.25) is 4.79 Å². The Morgan fingerprint density at radius 3 is 2.42 bits per heavy atom. The summed E-state index contributed by atoms with van der Waals surface area (Å²) < 4.78 is 38.1. The molecule has 0 bridgehead atoms. The fourth-order valence-electron chi connectivity index (χ4n) is 3.22. The van der Waals surface area contributed by atoms with Gasteiger partial charge < -0.3 is 14.8 Å². The number of amides is 1. The molecule has 0 saturated heterocycles.